The predicted octanol–water partition coefficient (Wildman–Crippen LogP) is 3.24. The fraction of sp³-hybridized carbons (Fsp3) is 0.375. The fourth-order valence-corrected chi connectivity index (χ4v) is 2.85. The van der Waals surface area contributed by atoms with Gasteiger partial charge in [-0.3, -0.25) is 4.79 Å². The minimum absolute atomic E-state index is 0.140. The minimum atomic E-state index is -0.435. The average molecular weight is 288 g/mol. The van der Waals surface area contributed by atoms with Crippen molar-refractivity contribution < 1.29 is 9.13 Å². The maximum absolute atomic E-state index is 13.5. The number of aromatic amines is 1. The van der Waals surface area contributed by atoms with Crippen molar-refractivity contribution in [1.82, 2.24) is 9.97 Å². The highest BCUT2D eigenvalue weighted by Crippen LogP contribution is 2.33. The van der Waals surface area contributed by atoms with Crippen molar-refractivity contribution in [3.63, 3.8) is 0 Å². The molecule has 1 saturated carbocycles. The van der Waals surface area contributed by atoms with Crippen LogP contribution in [0, 0.1) is 5.82 Å². The number of hydrogen-bond acceptors (Lipinski definition) is 3. The summed E-state index contributed by atoms with van der Waals surface area (Å²) in [4.78, 5) is 19.1. The summed E-state index contributed by atoms with van der Waals surface area (Å²) in [6.45, 7) is 0. The van der Waals surface area contributed by atoms with E-state index in [2.05, 4.69) is 9.97 Å². The van der Waals surface area contributed by atoms with E-state index in [1.165, 1.54) is 26.0 Å². The van der Waals surface area contributed by atoms with Crippen LogP contribution in [0.5, 0.6) is 5.75 Å². The summed E-state index contributed by atoms with van der Waals surface area (Å²) in [7, 11) is 1.41. The normalized spacial score (nSPS) is 15.3. The third-order valence-electron chi connectivity index (χ3n) is 3.96. The van der Waals surface area contributed by atoms with Gasteiger partial charge in [-0.1, -0.05) is 12.8 Å². The van der Waals surface area contributed by atoms with Crippen molar-refractivity contribution in [1.29, 1.82) is 0 Å². The molecular weight excluding hydrogens is 271 g/mol. The first-order valence-corrected chi connectivity index (χ1v) is 7.12. The summed E-state index contributed by atoms with van der Waals surface area (Å²) >= 11 is 0. The second kappa shape index (κ2) is 5.68. The molecule has 1 aromatic carbocycles. The molecule has 0 atom stereocenters. The maximum atomic E-state index is 13.5. The van der Waals surface area contributed by atoms with Crippen LogP contribution in [-0.4, -0.2) is 17.1 Å². The highest BCUT2D eigenvalue weighted by Gasteiger charge is 2.20. The van der Waals surface area contributed by atoms with E-state index >= 15 is 0 Å². The number of methoxy groups -OCH3 is 1. The lowest BCUT2D eigenvalue weighted by Crippen LogP contribution is -2.12. The van der Waals surface area contributed by atoms with E-state index in [9.17, 15) is 9.18 Å². The molecule has 0 saturated heterocycles. The van der Waals surface area contributed by atoms with E-state index in [0.717, 1.165) is 18.5 Å². The number of nitrogens with one attached hydrogen (secondary N) is 1. The molecule has 0 spiro atoms. The van der Waals surface area contributed by atoms with Gasteiger partial charge in [0.15, 0.2) is 11.6 Å². The molecule has 4 nitrogen and oxygen atoms in total. The van der Waals surface area contributed by atoms with Crippen LogP contribution < -0.4 is 10.3 Å². The molecule has 1 heterocycles. The van der Waals surface area contributed by atoms with Crippen LogP contribution in [-0.2, 0) is 0 Å². The summed E-state index contributed by atoms with van der Waals surface area (Å²) in [5.74, 6) is 0.521. The molecule has 0 unspecified atom stereocenters. The smallest absolute Gasteiger partial charge is 0.251 e. The number of nitrogens with zero attached hydrogens (tertiary/aromatic N) is 1. The lowest BCUT2D eigenvalue weighted by atomic mass is 10.0. The molecule has 1 aromatic heterocycles. The van der Waals surface area contributed by atoms with Gasteiger partial charge in [-0.25, -0.2) is 9.37 Å². The van der Waals surface area contributed by atoms with Crippen LogP contribution in [0.15, 0.2) is 29.1 Å². The molecule has 5 heteroatoms. The molecule has 3 rings (SSSR count). The standard InChI is InChI=1S/C16H17FN2O2/c1-21-14-8-11(6-7-12(14)17)16-18-13(9-15(20)19-16)10-4-2-3-5-10/h6-10H,2-5H2,1H3,(H,18,19,20). The Hall–Kier alpha value is -2.17. The number of aromatic nitrogens is 2. The lowest BCUT2D eigenvalue weighted by molar-refractivity contribution is 0.386. The average Bonchev–Trinajstić information content (AvgIpc) is 3.01. The largest absolute Gasteiger partial charge is 0.494 e. The molecule has 0 amide bonds. The van der Waals surface area contributed by atoms with Crippen LogP contribution >= 0.6 is 0 Å². The topological polar surface area (TPSA) is 55.0 Å². The zero-order valence-electron chi connectivity index (χ0n) is 11.9. The highest BCUT2D eigenvalue weighted by atomic mass is 19.1. The fourth-order valence-electron chi connectivity index (χ4n) is 2.85. The third kappa shape index (κ3) is 2.82. The molecule has 110 valence electrons. The second-order valence-electron chi connectivity index (χ2n) is 5.35. The Morgan fingerprint density at radius 2 is 2.05 bits per heavy atom. The highest BCUT2D eigenvalue weighted by molar-refractivity contribution is 5.57. The summed E-state index contributed by atoms with van der Waals surface area (Å²) < 4.78 is 18.4. The van der Waals surface area contributed by atoms with E-state index in [1.54, 1.807) is 18.2 Å². The van der Waals surface area contributed by atoms with Crippen LogP contribution in [0.1, 0.15) is 37.3 Å². The van der Waals surface area contributed by atoms with Gasteiger partial charge in [0.1, 0.15) is 5.82 Å². The molecule has 0 bridgehead atoms. The van der Waals surface area contributed by atoms with Crippen LogP contribution in [0.2, 0.25) is 0 Å². The molecule has 0 radical (unpaired) electrons. The van der Waals surface area contributed by atoms with Gasteiger partial charge in [0, 0.05) is 17.5 Å². The Balaban J connectivity index is 2.03. The van der Waals surface area contributed by atoms with E-state index in [1.807, 2.05) is 0 Å². The van der Waals surface area contributed by atoms with E-state index in [0.29, 0.717) is 17.3 Å². The lowest BCUT2D eigenvalue weighted by Gasteiger charge is -2.10. The summed E-state index contributed by atoms with van der Waals surface area (Å²) in [5, 5.41) is 0. The van der Waals surface area contributed by atoms with Crippen molar-refractivity contribution in [3.8, 4) is 17.1 Å². The van der Waals surface area contributed by atoms with Gasteiger partial charge < -0.3 is 9.72 Å². The van der Waals surface area contributed by atoms with Gasteiger partial charge in [-0.05, 0) is 31.0 Å². The third-order valence-corrected chi connectivity index (χ3v) is 3.96. The monoisotopic (exact) mass is 288 g/mol. The van der Waals surface area contributed by atoms with Crippen molar-refractivity contribution in [2.75, 3.05) is 7.11 Å². The Morgan fingerprint density at radius 3 is 2.76 bits per heavy atom. The van der Waals surface area contributed by atoms with Gasteiger partial charge in [0.25, 0.3) is 5.56 Å². The summed E-state index contributed by atoms with van der Waals surface area (Å²) in [5.41, 5.74) is 1.30. The first-order valence-electron chi connectivity index (χ1n) is 7.12. The molecule has 1 aliphatic rings. The predicted molar refractivity (Wildman–Crippen MR) is 78.0 cm³/mol. The van der Waals surface area contributed by atoms with Crippen LogP contribution in [0.3, 0.4) is 0 Å². The summed E-state index contributed by atoms with van der Waals surface area (Å²) in [6.07, 6.45) is 4.50. The summed E-state index contributed by atoms with van der Waals surface area (Å²) in [6, 6.07) is 6.03. The van der Waals surface area contributed by atoms with Gasteiger partial charge in [0.2, 0.25) is 0 Å². The number of ether oxygens (including phenoxy) is 1. The van der Waals surface area contributed by atoms with E-state index in [-0.39, 0.29) is 11.3 Å². The zero-order valence-corrected chi connectivity index (χ0v) is 11.9. The first-order chi connectivity index (χ1) is 10.2. The minimum Gasteiger partial charge on any atom is -0.494 e. The number of hydrogen-bond donors (Lipinski definition) is 1. The second-order valence-corrected chi connectivity index (χ2v) is 5.35. The first kappa shape index (κ1) is 13.8. The number of H-pyrrole nitrogens is 1. The van der Waals surface area contributed by atoms with Gasteiger partial charge in [0.05, 0.1) is 12.8 Å². The number of halogens is 1. The van der Waals surface area contributed by atoms with Gasteiger partial charge >= 0.3 is 0 Å². The maximum Gasteiger partial charge on any atom is 0.251 e. The Morgan fingerprint density at radius 1 is 1.29 bits per heavy atom. The molecule has 21 heavy (non-hydrogen) atoms. The van der Waals surface area contributed by atoms with Crippen LogP contribution in [0.4, 0.5) is 4.39 Å². The zero-order chi connectivity index (χ0) is 14.8. The van der Waals surface area contributed by atoms with E-state index < -0.39 is 5.82 Å². The molecule has 1 aliphatic carbocycles. The van der Waals surface area contributed by atoms with Crippen molar-refractivity contribution in [2.24, 2.45) is 0 Å². The van der Waals surface area contributed by atoms with Gasteiger partial charge in [-0.2, -0.15) is 0 Å². The number of rotatable bonds is 3. The van der Waals surface area contributed by atoms with Crippen molar-refractivity contribution in [3.05, 3.63) is 46.1 Å². The van der Waals surface area contributed by atoms with E-state index in [4.69, 9.17) is 4.74 Å². The molecule has 2 aromatic rings. The SMILES string of the molecule is COc1cc(-c2nc(C3CCCC3)cc(=O)[nH]2)ccc1F. The molecular formula is C16H17FN2O2. The Bertz CT molecular complexity index is 706. The number of benzene rings is 1. The molecule has 1 N–H and O–H groups in total. The molecule has 1 fully saturated rings. The quantitative estimate of drug-likeness (QED) is 0.943. The van der Waals surface area contributed by atoms with Crippen molar-refractivity contribution >= 4 is 0 Å². The van der Waals surface area contributed by atoms with Crippen molar-refractivity contribution in [2.45, 2.75) is 31.6 Å². The van der Waals surface area contributed by atoms with Gasteiger partial charge in [-0.15, -0.1) is 0 Å². The Kier molecular flexibility index (Phi) is 3.73. The Labute approximate surface area is 122 Å². The van der Waals surface area contributed by atoms with Crippen LogP contribution in [0.25, 0.3) is 11.4 Å². The molecule has 0 aliphatic heterocycles.